The zero-order valence-electron chi connectivity index (χ0n) is 56.7. The van der Waals surface area contributed by atoms with Gasteiger partial charge in [-0.15, -0.1) is 0 Å². The van der Waals surface area contributed by atoms with Gasteiger partial charge in [0.25, 0.3) is 0 Å². The van der Waals surface area contributed by atoms with E-state index >= 15 is 0 Å². The third-order valence-electron chi connectivity index (χ3n) is 35.2. The van der Waals surface area contributed by atoms with E-state index in [-0.39, 0.29) is 0 Å². The standard InChI is InChI=1S/C12H18.C12H22.2C11H20.C10H16.C9H14.C8H12.C7H10.C6H8/c1-2-8-5-7(1)11-9-3-4-10(6-9)12(8)11;1-2-6-12-9-3-7-11(5-1)8-4-10-12;1-4-10-6-2-7-11(5-1)9-3-8-10;1-2-5-11-7-3-6-10(4-1)8-9-11;1-2-9-7-4-5-8(6-7)10(9)3-1;1-2-7-5-6(1)8-3-4-9(7)8;1-2-6-3-5(1)7-4-8(6)7;1-2-4-6-5(3-1)7(4)6;1-2-4-5-3(1)6(4)5/h7-12H,1-6H2;11-12H,1-10H2;2*10-11H,1-9H2;7-10H,1-6H2;6-9H,1-5H2;5-8H,1-4H2;4-7H,1-3H2;3-6H,1-2H2. The first-order valence-corrected chi connectivity index (χ1v) is 42.6. The van der Waals surface area contributed by atoms with Gasteiger partial charge in [0.05, 0.1) is 0 Å². The monoisotopic (exact) mass is 1170 g/mol. The molecule has 0 aromatic rings. The molecule has 86 heavy (non-hydrogen) atoms. The molecule has 0 saturated heterocycles. The predicted octanol–water partition coefficient (Wildman–Crippen LogP) is 25.0. The van der Waals surface area contributed by atoms with E-state index in [2.05, 4.69) is 0 Å². The van der Waals surface area contributed by atoms with Crippen LogP contribution in [0.3, 0.4) is 0 Å². The highest BCUT2D eigenvalue weighted by atomic mass is 14.8. The molecule has 29 rings (SSSR count). The molecule has 0 aromatic heterocycles. The highest BCUT2D eigenvalue weighted by molar-refractivity contribution is 5.24. The number of fused-ring (bicyclic) bond motifs is 43. The Balaban J connectivity index is 0.0000000760. The Morgan fingerprint density at radius 3 is 0.547 bits per heavy atom. The van der Waals surface area contributed by atoms with Crippen LogP contribution in [-0.4, -0.2) is 0 Å². The molecule has 29 aliphatic carbocycles. The fourth-order valence-electron chi connectivity index (χ4n) is 30.4. The van der Waals surface area contributed by atoms with Crippen LogP contribution in [-0.2, 0) is 0 Å². The maximum absolute atomic E-state index is 1.64. The van der Waals surface area contributed by atoms with Crippen molar-refractivity contribution in [2.45, 2.75) is 347 Å². The summed E-state index contributed by atoms with van der Waals surface area (Å²) in [7, 11) is 0. The summed E-state index contributed by atoms with van der Waals surface area (Å²) in [6.07, 6.45) is 84.8. The van der Waals surface area contributed by atoms with Gasteiger partial charge in [-0.2, -0.15) is 0 Å². The molecule has 29 fully saturated rings. The number of hydrogen-bond acceptors (Lipinski definition) is 0. The smallest absolute Gasteiger partial charge is 0.0318 e. The van der Waals surface area contributed by atoms with E-state index < -0.39 is 0 Å². The summed E-state index contributed by atoms with van der Waals surface area (Å²) in [4.78, 5) is 0. The van der Waals surface area contributed by atoms with E-state index in [1.54, 1.807) is 283 Å². The van der Waals surface area contributed by atoms with Crippen LogP contribution in [0.2, 0.25) is 0 Å². The Morgan fingerprint density at radius 1 is 0.105 bits per heavy atom. The van der Waals surface area contributed by atoms with Gasteiger partial charge in [0.15, 0.2) is 0 Å². The van der Waals surface area contributed by atoms with Crippen LogP contribution in [0.15, 0.2) is 0 Å². The van der Waals surface area contributed by atoms with Gasteiger partial charge in [0, 0.05) is 0 Å². The van der Waals surface area contributed by atoms with Gasteiger partial charge in [-0.05, 0) is 343 Å². The Labute approximate surface area is 533 Å². The van der Waals surface area contributed by atoms with Gasteiger partial charge < -0.3 is 0 Å². The molecule has 0 nitrogen and oxygen atoms in total. The first kappa shape index (κ1) is 59.7. The molecule has 0 amide bonds. The van der Waals surface area contributed by atoms with Gasteiger partial charge in [-0.25, -0.2) is 0 Å². The predicted molar refractivity (Wildman–Crippen MR) is 361 cm³/mol. The van der Waals surface area contributed by atoms with E-state index in [0.717, 1.165) is 35.5 Å². The first-order valence-electron chi connectivity index (χ1n) is 42.6. The highest BCUT2D eigenvalue weighted by Gasteiger charge is 2.76. The highest BCUT2D eigenvalue weighted by Crippen LogP contribution is 2.82. The number of rotatable bonds is 0. The maximum atomic E-state index is 1.64. The van der Waals surface area contributed by atoms with Crippen molar-refractivity contribution >= 4 is 0 Å². The minimum atomic E-state index is 1.11. The molecule has 18 unspecified atom stereocenters. The van der Waals surface area contributed by atoms with Gasteiger partial charge >= 0.3 is 0 Å². The van der Waals surface area contributed by atoms with E-state index in [0.29, 0.717) is 0 Å². The summed E-state index contributed by atoms with van der Waals surface area (Å²) in [6, 6.07) is 0. The van der Waals surface area contributed by atoms with Crippen LogP contribution in [0.4, 0.5) is 0 Å². The summed E-state index contributed by atoms with van der Waals surface area (Å²) >= 11 is 0. The molecule has 484 valence electrons. The Morgan fingerprint density at radius 2 is 0.302 bits per heavy atom. The zero-order chi connectivity index (χ0) is 56.7. The fourth-order valence-corrected chi connectivity index (χ4v) is 30.4. The van der Waals surface area contributed by atoms with Crippen molar-refractivity contribution in [2.75, 3.05) is 0 Å². The summed E-state index contributed by atoms with van der Waals surface area (Å²) in [5.41, 5.74) is 0. The minimum absolute atomic E-state index is 1.11. The van der Waals surface area contributed by atoms with Gasteiger partial charge in [-0.1, -0.05) is 193 Å². The van der Waals surface area contributed by atoms with Crippen LogP contribution >= 0.6 is 0 Å². The Hall–Kier alpha value is 0. The molecule has 0 spiro atoms. The zero-order valence-corrected chi connectivity index (χ0v) is 56.7. The first-order chi connectivity index (χ1) is 42.6. The number of hydrogen-bond donors (Lipinski definition) is 0. The van der Waals surface area contributed by atoms with Gasteiger partial charge in [-0.3, -0.25) is 0 Å². The fraction of sp³-hybridized carbons (Fsp3) is 1.00. The molecule has 29 aliphatic rings. The van der Waals surface area contributed by atoms with Crippen molar-refractivity contribution in [3.63, 3.8) is 0 Å². The average molecular weight is 1170 g/mol. The van der Waals surface area contributed by atoms with Crippen molar-refractivity contribution in [1.82, 2.24) is 0 Å². The SMILES string of the molecule is C1CC2C3C(C1)C23.C1CC2C3C1C23.C1CC2C3CCC(C3)C2C1.C1CC2CC1C1C3CCC(C3)C21.C1CC2CC1C1CC21.C1CC2CC1C1CCC21.C1CC2CCCC(C1)CCC2.C1CCC2CCCC(C1)CC2.C1CCC2CCCC(C1)CCC2. The molecule has 0 aromatic carbocycles. The Bertz CT molecular complexity index is 1910. The second kappa shape index (κ2) is 26.7. The maximum Gasteiger partial charge on any atom is -0.0318 e. The third kappa shape index (κ3) is 12.9. The molecule has 0 N–H and O–H groups in total. The van der Waals surface area contributed by atoms with Crippen molar-refractivity contribution < 1.29 is 0 Å². The second-order valence-corrected chi connectivity index (χ2v) is 38.9. The van der Waals surface area contributed by atoms with Crippen molar-refractivity contribution in [2.24, 2.45) is 189 Å². The lowest BCUT2D eigenvalue weighted by Crippen LogP contribution is -2.31. The molecule has 0 heterocycles. The lowest BCUT2D eigenvalue weighted by atomic mass is 9.66. The third-order valence-corrected chi connectivity index (χ3v) is 35.2. The quantitative estimate of drug-likeness (QED) is 0.212. The van der Waals surface area contributed by atoms with E-state index in [4.69, 9.17) is 0 Å². The van der Waals surface area contributed by atoms with E-state index in [1.807, 2.05) is 0 Å². The molecular weight excluding hydrogens is 1030 g/mol. The van der Waals surface area contributed by atoms with E-state index in [1.165, 1.54) is 218 Å². The van der Waals surface area contributed by atoms with Crippen LogP contribution in [0, 0.1) is 189 Å². The molecule has 0 aliphatic heterocycles. The molecule has 18 atom stereocenters. The van der Waals surface area contributed by atoms with Crippen LogP contribution in [0.25, 0.3) is 0 Å². The molecule has 0 heteroatoms. The van der Waals surface area contributed by atoms with Crippen molar-refractivity contribution in [3.05, 3.63) is 0 Å². The minimum Gasteiger partial charge on any atom is -0.0530 e. The van der Waals surface area contributed by atoms with Crippen LogP contribution in [0.5, 0.6) is 0 Å². The van der Waals surface area contributed by atoms with Crippen molar-refractivity contribution in [1.29, 1.82) is 0 Å². The van der Waals surface area contributed by atoms with Crippen molar-refractivity contribution in [3.8, 4) is 0 Å². The Kier molecular flexibility index (Phi) is 18.5. The molecular formula is C86H140. The average Bonchev–Trinajstić information content (AvgIpc) is 1.50. The van der Waals surface area contributed by atoms with Crippen LogP contribution < -0.4 is 0 Å². The van der Waals surface area contributed by atoms with Gasteiger partial charge in [0.1, 0.15) is 0 Å². The van der Waals surface area contributed by atoms with Crippen LogP contribution in [0.1, 0.15) is 347 Å². The van der Waals surface area contributed by atoms with Gasteiger partial charge in [0.2, 0.25) is 0 Å². The largest absolute Gasteiger partial charge is 0.0530 e. The summed E-state index contributed by atoms with van der Waals surface area (Å²) < 4.78 is 0. The summed E-state index contributed by atoms with van der Waals surface area (Å²) in [5, 5.41) is 0. The normalized spacial score (nSPS) is 55.3. The summed E-state index contributed by atoms with van der Waals surface area (Å²) in [6.45, 7) is 0. The summed E-state index contributed by atoms with van der Waals surface area (Å²) in [5.74, 6) is 38.8. The van der Waals surface area contributed by atoms with E-state index in [9.17, 15) is 0 Å². The molecule has 29 saturated carbocycles. The molecule has 20 bridgehead atoms. The topological polar surface area (TPSA) is 0 Å². The molecule has 0 radical (unpaired) electrons. The lowest BCUT2D eigenvalue weighted by molar-refractivity contribution is 0.103. The lowest BCUT2D eigenvalue weighted by Gasteiger charge is -2.40. The second-order valence-electron chi connectivity index (χ2n) is 38.9.